The molecule has 1 rings (SSSR count). The molecule has 1 atom stereocenters. The molecule has 1 aromatic rings. The van der Waals surface area contributed by atoms with Crippen LogP contribution >= 0.6 is 11.6 Å². The highest BCUT2D eigenvalue weighted by molar-refractivity contribution is 6.18. The molecule has 0 amide bonds. The van der Waals surface area contributed by atoms with Crippen LogP contribution in [0.5, 0.6) is 0 Å². The summed E-state index contributed by atoms with van der Waals surface area (Å²) in [7, 11) is 0. The lowest BCUT2D eigenvalue weighted by atomic mass is 9.78. The van der Waals surface area contributed by atoms with Gasteiger partial charge in [-0.25, -0.2) is 0 Å². The van der Waals surface area contributed by atoms with Gasteiger partial charge in [0, 0.05) is 11.3 Å². The second-order valence-electron chi connectivity index (χ2n) is 5.73. The first-order valence-corrected chi connectivity index (χ1v) is 8.57. The second-order valence-corrected chi connectivity index (χ2v) is 6.00. The van der Waals surface area contributed by atoms with Crippen molar-refractivity contribution in [1.82, 2.24) is 0 Å². The third-order valence-electron chi connectivity index (χ3n) is 4.20. The largest absolute Gasteiger partial charge is 0.125 e. The lowest BCUT2D eigenvalue weighted by molar-refractivity contribution is 0.488. The smallest absolute Gasteiger partial charge is 0.0355 e. The molecule has 0 nitrogen and oxygen atoms in total. The fourth-order valence-corrected chi connectivity index (χ4v) is 3.13. The van der Waals surface area contributed by atoms with Crippen molar-refractivity contribution in [3.8, 4) is 0 Å². The molecule has 1 aromatic carbocycles. The van der Waals surface area contributed by atoms with E-state index in [1.165, 1.54) is 50.5 Å². The Balaban J connectivity index is 2.42. The van der Waals surface area contributed by atoms with Crippen LogP contribution in [0.15, 0.2) is 43.0 Å². The van der Waals surface area contributed by atoms with Crippen LogP contribution in [0, 0.1) is 0 Å². The van der Waals surface area contributed by atoms with Gasteiger partial charge in [0.05, 0.1) is 0 Å². The van der Waals surface area contributed by atoms with Crippen molar-refractivity contribution in [2.24, 2.45) is 0 Å². The van der Waals surface area contributed by atoms with Gasteiger partial charge in [0.15, 0.2) is 0 Å². The number of halogens is 1. The Morgan fingerprint density at radius 1 is 1.00 bits per heavy atom. The van der Waals surface area contributed by atoms with E-state index in [0.29, 0.717) is 5.88 Å². The van der Waals surface area contributed by atoms with Gasteiger partial charge in [-0.3, -0.25) is 0 Å². The van der Waals surface area contributed by atoms with Crippen LogP contribution in [-0.2, 0) is 5.41 Å². The van der Waals surface area contributed by atoms with Crippen molar-refractivity contribution < 1.29 is 0 Å². The number of allylic oxidation sites excluding steroid dienone is 1. The van der Waals surface area contributed by atoms with E-state index in [2.05, 4.69) is 43.8 Å². The molecule has 0 saturated carbocycles. The van der Waals surface area contributed by atoms with E-state index in [-0.39, 0.29) is 5.41 Å². The predicted molar refractivity (Wildman–Crippen MR) is 91.6 cm³/mol. The molecule has 0 aliphatic heterocycles. The van der Waals surface area contributed by atoms with E-state index in [9.17, 15) is 0 Å². The Bertz CT molecular complexity index is 357. The average Bonchev–Trinajstić information content (AvgIpc) is 2.52. The van der Waals surface area contributed by atoms with E-state index in [1.807, 2.05) is 6.08 Å². The molecule has 0 fully saturated rings. The first-order chi connectivity index (χ1) is 9.79. The molecule has 0 N–H and O–H groups in total. The number of hydrogen-bond donors (Lipinski definition) is 0. The summed E-state index contributed by atoms with van der Waals surface area (Å²) in [6.45, 7) is 6.30. The van der Waals surface area contributed by atoms with E-state index >= 15 is 0 Å². The van der Waals surface area contributed by atoms with E-state index in [4.69, 9.17) is 11.6 Å². The number of unbranched alkanes of at least 4 members (excludes halogenated alkanes) is 6. The second kappa shape index (κ2) is 10.0. The fraction of sp³-hybridized carbons (Fsp3) is 0.579. The van der Waals surface area contributed by atoms with Crippen LogP contribution in [-0.4, -0.2) is 5.88 Å². The quantitative estimate of drug-likeness (QED) is 0.248. The normalized spacial score (nSPS) is 13.9. The Morgan fingerprint density at radius 2 is 1.60 bits per heavy atom. The summed E-state index contributed by atoms with van der Waals surface area (Å²) in [4.78, 5) is 0. The van der Waals surface area contributed by atoms with Gasteiger partial charge in [-0.05, 0) is 12.0 Å². The molecule has 0 radical (unpaired) electrons. The summed E-state index contributed by atoms with van der Waals surface area (Å²) in [5.41, 5.74) is 1.25. The van der Waals surface area contributed by atoms with Crippen LogP contribution in [0.3, 0.4) is 0 Å². The number of hydrogen-bond acceptors (Lipinski definition) is 0. The molecule has 20 heavy (non-hydrogen) atoms. The first kappa shape index (κ1) is 17.3. The lowest BCUT2D eigenvalue weighted by Gasteiger charge is -2.29. The Kier molecular flexibility index (Phi) is 8.69. The summed E-state index contributed by atoms with van der Waals surface area (Å²) >= 11 is 6.27. The molecule has 0 heterocycles. The number of alkyl halides is 1. The van der Waals surface area contributed by atoms with Crippen molar-refractivity contribution >= 4 is 11.6 Å². The molecule has 1 unspecified atom stereocenters. The highest BCUT2D eigenvalue weighted by Gasteiger charge is 2.26. The van der Waals surface area contributed by atoms with Gasteiger partial charge in [0.25, 0.3) is 0 Å². The summed E-state index contributed by atoms with van der Waals surface area (Å²) in [5, 5.41) is 0. The molecule has 0 aliphatic rings. The topological polar surface area (TPSA) is 0 Å². The first-order valence-electron chi connectivity index (χ1n) is 8.04. The zero-order chi connectivity index (χ0) is 14.7. The summed E-state index contributed by atoms with van der Waals surface area (Å²) in [6.07, 6.45) is 12.5. The zero-order valence-corrected chi connectivity index (χ0v) is 13.7. The monoisotopic (exact) mass is 292 g/mol. The molecular formula is C19H29Cl. The molecule has 1 heteroatoms. The maximum absolute atomic E-state index is 6.27. The minimum absolute atomic E-state index is 0.0494. The van der Waals surface area contributed by atoms with Crippen molar-refractivity contribution in [3.63, 3.8) is 0 Å². The zero-order valence-electron chi connectivity index (χ0n) is 12.9. The van der Waals surface area contributed by atoms with Crippen molar-refractivity contribution in [2.75, 3.05) is 5.88 Å². The highest BCUT2D eigenvalue weighted by atomic mass is 35.5. The van der Waals surface area contributed by atoms with Gasteiger partial charge < -0.3 is 0 Å². The standard InChI is InChI=1S/C19H29Cl/c1-3-5-6-7-8-9-13-16-19(4-2,17-20)18-14-11-10-12-15-18/h4,10-12,14-15H,2-3,5-9,13,16-17H2,1H3. The van der Waals surface area contributed by atoms with E-state index in [1.54, 1.807) is 0 Å². The molecule has 112 valence electrons. The Morgan fingerprint density at radius 3 is 2.15 bits per heavy atom. The molecule has 0 aliphatic carbocycles. The van der Waals surface area contributed by atoms with Crippen LogP contribution < -0.4 is 0 Å². The van der Waals surface area contributed by atoms with Crippen LogP contribution in [0.1, 0.15) is 63.9 Å². The lowest BCUT2D eigenvalue weighted by Crippen LogP contribution is -2.25. The summed E-state index contributed by atoms with van der Waals surface area (Å²) in [5.74, 6) is 0.621. The highest BCUT2D eigenvalue weighted by Crippen LogP contribution is 2.33. The van der Waals surface area contributed by atoms with Gasteiger partial charge in [0.2, 0.25) is 0 Å². The van der Waals surface area contributed by atoms with Crippen LogP contribution in [0.4, 0.5) is 0 Å². The predicted octanol–water partition coefficient (Wildman–Crippen LogP) is 6.49. The van der Waals surface area contributed by atoms with Crippen molar-refractivity contribution in [2.45, 2.75) is 63.7 Å². The van der Waals surface area contributed by atoms with Gasteiger partial charge in [-0.1, -0.05) is 88.3 Å². The minimum atomic E-state index is -0.0494. The Labute approximate surface area is 130 Å². The van der Waals surface area contributed by atoms with Gasteiger partial charge in [0.1, 0.15) is 0 Å². The molecule has 0 aromatic heterocycles. The summed E-state index contributed by atoms with van der Waals surface area (Å²) in [6, 6.07) is 10.6. The maximum atomic E-state index is 6.27. The number of rotatable bonds is 11. The molecule has 0 saturated heterocycles. The van der Waals surface area contributed by atoms with E-state index in [0.717, 1.165) is 6.42 Å². The van der Waals surface area contributed by atoms with Gasteiger partial charge >= 0.3 is 0 Å². The van der Waals surface area contributed by atoms with E-state index < -0.39 is 0 Å². The van der Waals surface area contributed by atoms with Crippen molar-refractivity contribution in [3.05, 3.63) is 48.6 Å². The SMILES string of the molecule is C=CC(CCl)(CCCCCCCCC)c1ccccc1. The average molecular weight is 293 g/mol. The third-order valence-corrected chi connectivity index (χ3v) is 4.68. The Hall–Kier alpha value is -0.750. The van der Waals surface area contributed by atoms with Crippen LogP contribution in [0.25, 0.3) is 0 Å². The maximum Gasteiger partial charge on any atom is 0.0355 e. The summed E-state index contributed by atoms with van der Waals surface area (Å²) < 4.78 is 0. The molecule has 0 spiro atoms. The molecular weight excluding hydrogens is 264 g/mol. The van der Waals surface area contributed by atoms with Crippen LogP contribution in [0.2, 0.25) is 0 Å². The van der Waals surface area contributed by atoms with Gasteiger partial charge in [-0.15, -0.1) is 18.2 Å². The van der Waals surface area contributed by atoms with Crippen molar-refractivity contribution in [1.29, 1.82) is 0 Å². The van der Waals surface area contributed by atoms with Gasteiger partial charge in [-0.2, -0.15) is 0 Å². The fourth-order valence-electron chi connectivity index (χ4n) is 2.73. The molecule has 0 bridgehead atoms. The minimum Gasteiger partial charge on any atom is -0.125 e. The third kappa shape index (κ3) is 5.32. The number of benzene rings is 1.